The van der Waals surface area contributed by atoms with Crippen molar-refractivity contribution in [2.75, 3.05) is 47.1 Å². The minimum absolute atomic E-state index is 0.199. The Bertz CT molecular complexity index is 1610. The average Bonchev–Trinajstić information content (AvgIpc) is 3.54. The van der Waals surface area contributed by atoms with Crippen LogP contribution in [0.2, 0.25) is 19.0 Å². The molecule has 0 radical (unpaired) electrons. The van der Waals surface area contributed by atoms with Crippen molar-refractivity contribution in [3.8, 4) is 21.9 Å². The van der Waals surface area contributed by atoms with Gasteiger partial charge < -0.3 is 29.6 Å². The van der Waals surface area contributed by atoms with Crippen LogP contribution < -0.4 is 15.2 Å². The molecular formula is C32H42Cl4N6O4S2. The van der Waals surface area contributed by atoms with Crippen molar-refractivity contribution in [2.45, 2.75) is 48.0 Å². The first kappa shape index (κ1) is 41.8. The molecule has 0 fully saturated rings. The van der Waals surface area contributed by atoms with Crippen LogP contribution in [0.15, 0.2) is 29.3 Å². The molecule has 0 bridgehead atoms. The highest BCUT2D eigenvalue weighted by Gasteiger charge is 2.13. The van der Waals surface area contributed by atoms with Crippen LogP contribution in [0.1, 0.15) is 36.1 Å². The van der Waals surface area contributed by atoms with Crippen LogP contribution >= 0.6 is 69.1 Å². The van der Waals surface area contributed by atoms with Gasteiger partial charge in [-0.1, -0.05) is 76.0 Å². The van der Waals surface area contributed by atoms with Gasteiger partial charge in [-0.25, -0.2) is 4.99 Å². The molecule has 0 spiro atoms. The van der Waals surface area contributed by atoms with Crippen LogP contribution in [-0.2, 0) is 9.47 Å². The molecule has 0 saturated heterocycles. The Morgan fingerprint density at radius 3 is 1.65 bits per heavy atom. The SMILES string of the molecule is CCN(C)C(OC)OC.CCN(C)C=Nc1cc(C)c(Oc2nc(Cl)c(Cl)s2)cc1C.Cc1cc(Oc2nc(Cl)c(Cl)s2)c(C)cc1N. The Labute approximate surface area is 311 Å². The highest BCUT2D eigenvalue weighted by atomic mass is 35.5. The molecule has 16 heteroatoms. The second-order valence-corrected chi connectivity index (χ2v) is 14.2. The highest BCUT2D eigenvalue weighted by molar-refractivity contribution is 7.18. The van der Waals surface area contributed by atoms with Crippen molar-refractivity contribution in [3.63, 3.8) is 0 Å². The van der Waals surface area contributed by atoms with E-state index < -0.39 is 0 Å². The zero-order valence-corrected chi connectivity index (χ0v) is 33.3. The second-order valence-electron chi connectivity index (χ2n) is 10.3. The van der Waals surface area contributed by atoms with Gasteiger partial charge in [-0.05, 0) is 94.7 Å². The lowest BCUT2D eigenvalue weighted by molar-refractivity contribution is -0.186. The number of aromatic nitrogens is 2. The normalized spacial score (nSPS) is 11.0. The molecule has 0 aliphatic carbocycles. The molecule has 0 unspecified atom stereocenters. The summed E-state index contributed by atoms with van der Waals surface area (Å²) in [7, 11) is 7.18. The monoisotopic (exact) mass is 778 g/mol. The summed E-state index contributed by atoms with van der Waals surface area (Å²) in [6.07, 6.45) is 1.62. The molecule has 0 amide bonds. The molecule has 0 aliphatic rings. The molecule has 48 heavy (non-hydrogen) atoms. The average molecular weight is 781 g/mol. The van der Waals surface area contributed by atoms with Gasteiger partial charge in [0.1, 0.15) is 20.2 Å². The Kier molecular flexibility index (Phi) is 17.7. The van der Waals surface area contributed by atoms with Crippen LogP contribution in [0.3, 0.4) is 0 Å². The van der Waals surface area contributed by atoms with Crippen LogP contribution in [-0.4, -0.2) is 73.9 Å². The molecule has 2 heterocycles. The molecular weight excluding hydrogens is 738 g/mol. The van der Waals surface area contributed by atoms with Crippen molar-refractivity contribution < 1.29 is 18.9 Å². The number of rotatable bonds is 11. The smallest absolute Gasteiger partial charge is 0.281 e. The van der Waals surface area contributed by atoms with E-state index >= 15 is 0 Å². The Morgan fingerprint density at radius 1 is 0.771 bits per heavy atom. The maximum Gasteiger partial charge on any atom is 0.281 e. The number of aryl methyl sites for hydroxylation is 4. The molecule has 10 nitrogen and oxygen atoms in total. The van der Waals surface area contributed by atoms with E-state index in [-0.39, 0.29) is 16.7 Å². The van der Waals surface area contributed by atoms with E-state index in [2.05, 4.69) is 21.9 Å². The number of aliphatic imine (C=N–C) groups is 1. The molecule has 4 rings (SSSR count). The Hall–Kier alpha value is -2.39. The summed E-state index contributed by atoms with van der Waals surface area (Å²) in [4.78, 5) is 16.5. The van der Waals surface area contributed by atoms with Gasteiger partial charge in [0, 0.05) is 33.5 Å². The summed E-state index contributed by atoms with van der Waals surface area (Å²) in [5.41, 5.74) is 11.4. The summed E-state index contributed by atoms with van der Waals surface area (Å²) >= 11 is 25.7. The lowest BCUT2D eigenvalue weighted by atomic mass is 10.1. The van der Waals surface area contributed by atoms with Gasteiger partial charge in [-0.3, -0.25) is 4.90 Å². The number of hydrogen-bond donors (Lipinski definition) is 1. The van der Waals surface area contributed by atoms with Crippen LogP contribution in [0.25, 0.3) is 0 Å². The molecule has 0 saturated carbocycles. The number of hydrogen-bond acceptors (Lipinski definition) is 11. The van der Waals surface area contributed by atoms with Gasteiger partial charge in [0.15, 0.2) is 10.3 Å². The molecule has 264 valence electrons. The second kappa shape index (κ2) is 20.3. The zero-order chi connectivity index (χ0) is 36.1. The number of benzene rings is 2. The summed E-state index contributed by atoms with van der Waals surface area (Å²) in [5.74, 6) is 1.43. The van der Waals surface area contributed by atoms with Gasteiger partial charge >= 0.3 is 0 Å². The van der Waals surface area contributed by atoms with Gasteiger partial charge in [-0.2, -0.15) is 9.97 Å². The predicted molar refractivity (Wildman–Crippen MR) is 203 cm³/mol. The summed E-state index contributed by atoms with van der Waals surface area (Å²) in [6.45, 7) is 13.8. The standard InChI is InChI=1S/C15H17Cl2N3OS.C11H10Cl2N2OS.C6H15NO2/c1-5-20(4)8-18-11-6-10(3)12(7-9(11)2)21-15-19-13(16)14(17)22-15;1-5-4-8(6(2)3-7(5)14)16-11-15-9(12)10(13)17-11;1-5-7(2)6(8-3)9-4/h6-8H,5H2,1-4H3;3-4H,14H2,1-2H3;6H,5H2,1-4H3. The first-order chi connectivity index (χ1) is 22.6. The number of nitrogens with two attached hydrogens (primary N) is 1. The number of nitrogens with zero attached hydrogens (tertiary/aromatic N) is 5. The molecule has 2 aromatic carbocycles. The van der Waals surface area contributed by atoms with E-state index in [1.807, 2.05) is 89.1 Å². The first-order valence-corrected chi connectivity index (χ1v) is 17.8. The van der Waals surface area contributed by atoms with Crippen molar-refractivity contribution in [2.24, 2.45) is 4.99 Å². The van der Waals surface area contributed by atoms with E-state index in [9.17, 15) is 0 Å². The number of anilines is 1. The van der Waals surface area contributed by atoms with Crippen molar-refractivity contribution in [1.82, 2.24) is 19.8 Å². The number of thiazole rings is 2. The summed E-state index contributed by atoms with van der Waals surface area (Å²) in [5, 5.41) is 1.38. The lowest BCUT2D eigenvalue weighted by Gasteiger charge is -2.22. The van der Waals surface area contributed by atoms with E-state index in [0.29, 0.717) is 24.8 Å². The third-order valence-corrected chi connectivity index (χ3v) is 9.89. The predicted octanol–water partition coefficient (Wildman–Crippen LogP) is 10.4. The number of ether oxygens (including phenoxy) is 4. The van der Waals surface area contributed by atoms with Gasteiger partial charge in [0.2, 0.25) is 6.41 Å². The fourth-order valence-electron chi connectivity index (χ4n) is 3.60. The summed E-state index contributed by atoms with van der Waals surface area (Å²) < 4.78 is 22.2. The molecule has 0 aliphatic heterocycles. The minimum Gasteiger partial charge on any atom is -0.431 e. The van der Waals surface area contributed by atoms with Crippen LogP contribution in [0, 0.1) is 27.7 Å². The van der Waals surface area contributed by atoms with E-state index in [1.54, 1.807) is 14.2 Å². The lowest BCUT2D eigenvalue weighted by Crippen LogP contribution is -2.34. The van der Waals surface area contributed by atoms with Crippen molar-refractivity contribution in [3.05, 3.63) is 65.5 Å². The van der Waals surface area contributed by atoms with Gasteiger partial charge in [-0.15, -0.1) is 0 Å². The maximum atomic E-state index is 5.90. The Balaban J connectivity index is 0.000000273. The molecule has 0 atom stereocenters. The number of halogens is 4. The van der Waals surface area contributed by atoms with Crippen LogP contribution in [0.4, 0.5) is 11.4 Å². The number of nitrogen functional groups attached to an aromatic ring is 1. The minimum atomic E-state index is -0.199. The molecule has 2 aromatic heterocycles. The quantitative estimate of drug-likeness (QED) is 0.0689. The largest absolute Gasteiger partial charge is 0.431 e. The topological polar surface area (TPSA) is 108 Å². The van der Waals surface area contributed by atoms with Crippen molar-refractivity contribution >= 4 is 86.8 Å². The molecule has 2 N–H and O–H groups in total. The fraction of sp³-hybridized carbons (Fsp3) is 0.406. The van der Waals surface area contributed by atoms with Gasteiger partial charge in [0.05, 0.1) is 12.0 Å². The van der Waals surface area contributed by atoms with E-state index in [4.69, 9.17) is 71.1 Å². The third kappa shape index (κ3) is 12.8. The van der Waals surface area contributed by atoms with E-state index in [1.165, 1.54) is 22.7 Å². The van der Waals surface area contributed by atoms with Crippen molar-refractivity contribution in [1.29, 1.82) is 0 Å². The molecule has 4 aromatic rings. The zero-order valence-electron chi connectivity index (χ0n) is 28.7. The maximum absolute atomic E-state index is 5.90. The van der Waals surface area contributed by atoms with Crippen LogP contribution in [0.5, 0.6) is 21.9 Å². The van der Waals surface area contributed by atoms with Gasteiger partial charge in [0.25, 0.3) is 10.4 Å². The summed E-state index contributed by atoms with van der Waals surface area (Å²) in [6, 6.07) is 7.66. The Morgan fingerprint density at radius 2 is 1.25 bits per heavy atom. The number of methoxy groups -OCH3 is 2. The third-order valence-electron chi connectivity index (χ3n) is 6.66. The van der Waals surface area contributed by atoms with E-state index in [0.717, 1.165) is 52.5 Å². The highest BCUT2D eigenvalue weighted by Crippen LogP contribution is 2.38. The fourth-order valence-corrected chi connectivity index (χ4v) is 5.67. The first-order valence-electron chi connectivity index (χ1n) is 14.6.